The molecular formula is C21H18FNO. The van der Waals surface area contributed by atoms with Crippen LogP contribution in [0.15, 0.2) is 52.9 Å². The Hall–Kier alpha value is -2.81. The molecule has 4 rings (SSSR count). The van der Waals surface area contributed by atoms with Crippen molar-refractivity contribution in [1.29, 1.82) is 0 Å². The third-order valence-corrected chi connectivity index (χ3v) is 4.51. The van der Waals surface area contributed by atoms with E-state index < -0.39 is 0 Å². The molecule has 2 aromatic heterocycles. The minimum atomic E-state index is -0.195. The van der Waals surface area contributed by atoms with Crippen LogP contribution in [0.2, 0.25) is 0 Å². The second kappa shape index (κ2) is 5.38. The van der Waals surface area contributed by atoms with Crippen molar-refractivity contribution in [2.75, 3.05) is 0 Å². The lowest BCUT2D eigenvalue weighted by Crippen LogP contribution is -1.84. The van der Waals surface area contributed by atoms with Crippen molar-refractivity contribution in [1.82, 2.24) is 4.98 Å². The molecule has 0 bridgehead atoms. The van der Waals surface area contributed by atoms with Gasteiger partial charge in [-0.3, -0.25) is 0 Å². The molecule has 24 heavy (non-hydrogen) atoms. The molecule has 0 amide bonds. The third kappa shape index (κ3) is 2.33. The zero-order valence-electron chi connectivity index (χ0n) is 13.9. The van der Waals surface area contributed by atoms with Crippen LogP contribution in [0.5, 0.6) is 0 Å². The Morgan fingerprint density at radius 2 is 1.58 bits per heavy atom. The smallest absolute Gasteiger partial charge is 0.151 e. The van der Waals surface area contributed by atoms with E-state index in [2.05, 4.69) is 36.2 Å². The Kier molecular flexibility index (Phi) is 3.31. The number of hydrogen-bond acceptors (Lipinski definition) is 1. The molecule has 2 heterocycles. The summed E-state index contributed by atoms with van der Waals surface area (Å²) in [6.45, 7) is 5.72. The average Bonchev–Trinajstić information content (AvgIpc) is 3.20. The fraction of sp³-hybridized carbons (Fsp3) is 0.143. The highest BCUT2D eigenvalue weighted by Gasteiger charge is 2.14. The zero-order chi connectivity index (χ0) is 16.8. The van der Waals surface area contributed by atoms with Crippen molar-refractivity contribution in [3.05, 3.63) is 71.0 Å². The maximum absolute atomic E-state index is 13.9. The predicted molar refractivity (Wildman–Crippen MR) is 95.6 cm³/mol. The van der Waals surface area contributed by atoms with Gasteiger partial charge in [0.1, 0.15) is 11.4 Å². The van der Waals surface area contributed by atoms with Crippen LogP contribution in [-0.4, -0.2) is 4.98 Å². The van der Waals surface area contributed by atoms with Crippen molar-refractivity contribution in [2.24, 2.45) is 0 Å². The Labute approximate surface area is 139 Å². The summed E-state index contributed by atoms with van der Waals surface area (Å²) in [5.74, 6) is 0.527. The Bertz CT molecular complexity index is 1040. The Morgan fingerprint density at radius 1 is 0.875 bits per heavy atom. The van der Waals surface area contributed by atoms with E-state index in [0.29, 0.717) is 5.56 Å². The Morgan fingerprint density at radius 3 is 2.33 bits per heavy atom. The molecule has 0 radical (unpaired) electrons. The summed E-state index contributed by atoms with van der Waals surface area (Å²) < 4.78 is 19.9. The predicted octanol–water partition coefficient (Wildman–Crippen LogP) is 6.16. The van der Waals surface area contributed by atoms with Crippen LogP contribution in [0.3, 0.4) is 0 Å². The van der Waals surface area contributed by atoms with Gasteiger partial charge in [0.25, 0.3) is 0 Å². The van der Waals surface area contributed by atoms with Gasteiger partial charge < -0.3 is 9.40 Å². The first-order valence-electron chi connectivity index (χ1n) is 7.98. The van der Waals surface area contributed by atoms with Gasteiger partial charge in [-0.25, -0.2) is 4.39 Å². The van der Waals surface area contributed by atoms with E-state index in [1.165, 1.54) is 11.6 Å². The highest BCUT2D eigenvalue weighted by molar-refractivity contribution is 5.88. The van der Waals surface area contributed by atoms with Crippen molar-refractivity contribution in [2.45, 2.75) is 20.8 Å². The molecule has 0 aliphatic rings. The lowest BCUT2D eigenvalue weighted by molar-refractivity contribution is 0.609. The fourth-order valence-electron chi connectivity index (χ4n) is 3.03. The third-order valence-electron chi connectivity index (χ3n) is 4.51. The lowest BCUT2D eigenvalue weighted by Gasteiger charge is -2.00. The largest absolute Gasteiger partial charge is 0.454 e. The summed E-state index contributed by atoms with van der Waals surface area (Å²) in [7, 11) is 0. The standard InChI is InChI=1S/C21H18FNO/c1-12-4-6-15(7-5-12)18-8-9-19(23-18)20-11-16-14(3)17(22)10-13(2)21(16)24-20/h4-11,23H,1-3H3. The normalized spacial score (nSPS) is 11.3. The highest BCUT2D eigenvalue weighted by atomic mass is 19.1. The first-order valence-corrected chi connectivity index (χ1v) is 7.98. The van der Waals surface area contributed by atoms with E-state index in [1.54, 1.807) is 6.92 Å². The number of aromatic amines is 1. The highest BCUT2D eigenvalue weighted by Crippen LogP contribution is 2.33. The minimum absolute atomic E-state index is 0.195. The number of H-pyrrole nitrogens is 1. The molecule has 120 valence electrons. The number of halogens is 1. The number of benzene rings is 2. The van der Waals surface area contributed by atoms with Gasteiger partial charge in [0, 0.05) is 11.1 Å². The monoisotopic (exact) mass is 319 g/mol. The second-order valence-corrected chi connectivity index (χ2v) is 6.31. The molecule has 3 heteroatoms. The molecule has 0 fully saturated rings. The summed E-state index contributed by atoms with van der Waals surface area (Å²) in [6, 6.07) is 15.8. The van der Waals surface area contributed by atoms with Crippen LogP contribution in [-0.2, 0) is 0 Å². The van der Waals surface area contributed by atoms with Gasteiger partial charge in [-0.2, -0.15) is 0 Å². The first kappa shape index (κ1) is 14.8. The van der Waals surface area contributed by atoms with E-state index >= 15 is 0 Å². The molecule has 0 aliphatic heterocycles. The number of aryl methyl sites for hydroxylation is 3. The molecule has 0 unspecified atom stereocenters. The van der Waals surface area contributed by atoms with Gasteiger partial charge in [-0.15, -0.1) is 0 Å². The molecule has 2 aromatic carbocycles. The minimum Gasteiger partial charge on any atom is -0.454 e. The van der Waals surface area contributed by atoms with E-state index in [1.807, 2.05) is 25.1 Å². The van der Waals surface area contributed by atoms with E-state index in [-0.39, 0.29) is 5.82 Å². The zero-order valence-corrected chi connectivity index (χ0v) is 13.9. The summed E-state index contributed by atoms with van der Waals surface area (Å²) in [5.41, 5.74) is 6.46. The quantitative estimate of drug-likeness (QED) is 0.471. The summed E-state index contributed by atoms with van der Waals surface area (Å²) >= 11 is 0. The van der Waals surface area contributed by atoms with Gasteiger partial charge in [0.2, 0.25) is 0 Å². The molecule has 1 N–H and O–H groups in total. The van der Waals surface area contributed by atoms with Gasteiger partial charge in [0.05, 0.1) is 5.69 Å². The molecule has 0 saturated carbocycles. The topological polar surface area (TPSA) is 28.9 Å². The molecule has 0 aliphatic carbocycles. The molecule has 0 atom stereocenters. The van der Waals surface area contributed by atoms with Crippen molar-refractivity contribution < 1.29 is 8.81 Å². The lowest BCUT2D eigenvalue weighted by atomic mass is 10.1. The average molecular weight is 319 g/mol. The molecule has 4 aromatic rings. The SMILES string of the molecule is Cc1ccc(-c2ccc(-c3cc4c(C)c(F)cc(C)c4o3)[nH]2)cc1. The second-order valence-electron chi connectivity index (χ2n) is 6.31. The Balaban J connectivity index is 1.80. The van der Waals surface area contributed by atoms with Crippen molar-refractivity contribution in [3.63, 3.8) is 0 Å². The van der Waals surface area contributed by atoms with Gasteiger partial charge >= 0.3 is 0 Å². The number of fused-ring (bicyclic) bond motifs is 1. The van der Waals surface area contributed by atoms with Gasteiger partial charge in [-0.05, 0) is 61.7 Å². The summed E-state index contributed by atoms with van der Waals surface area (Å²) in [5, 5.41) is 0.828. The van der Waals surface area contributed by atoms with Crippen LogP contribution in [0.25, 0.3) is 33.7 Å². The number of rotatable bonds is 2. The number of aromatic nitrogens is 1. The van der Waals surface area contributed by atoms with Crippen LogP contribution < -0.4 is 0 Å². The summed E-state index contributed by atoms with van der Waals surface area (Å²) in [6.07, 6.45) is 0. The maximum atomic E-state index is 13.9. The molecule has 0 spiro atoms. The van der Waals surface area contributed by atoms with E-state index in [9.17, 15) is 4.39 Å². The molecular weight excluding hydrogens is 301 g/mol. The molecule has 0 saturated heterocycles. The van der Waals surface area contributed by atoms with E-state index in [4.69, 9.17) is 4.42 Å². The van der Waals surface area contributed by atoms with Crippen LogP contribution in [0, 0.1) is 26.6 Å². The summed E-state index contributed by atoms with van der Waals surface area (Å²) in [4.78, 5) is 3.39. The van der Waals surface area contributed by atoms with Gasteiger partial charge in [-0.1, -0.05) is 29.8 Å². The molecule has 2 nitrogen and oxygen atoms in total. The maximum Gasteiger partial charge on any atom is 0.151 e. The first-order chi connectivity index (χ1) is 11.5. The number of nitrogens with one attached hydrogen (secondary N) is 1. The van der Waals surface area contributed by atoms with Crippen LogP contribution in [0.1, 0.15) is 16.7 Å². The van der Waals surface area contributed by atoms with E-state index in [0.717, 1.165) is 39.2 Å². The van der Waals surface area contributed by atoms with Gasteiger partial charge in [0.15, 0.2) is 5.76 Å². The van der Waals surface area contributed by atoms with Crippen LogP contribution in [0.4, 0.5) is 4.39 Å². The number of hydrogen-bond donors (Lipinski definition) is 1. The fourth-order valence-corrected chi connectivity index (χ4v) is 3.03. The van der Waals surface area contributed by atoms with Crippen LogP contribution >= 0.6 is 0 Å². The van der Waals surface area contributed by atoms with Crippen molar-refractivity contribution >= 4 is 11.0 Å². The number of furan rings is 1. The van der Waals surface area contributed by atoms with Crippen molar-refractivity contribution in [3.8, 4) is 22.7 Å².